The van der Waals surface area contributed by atoms with Gasteiger partial charge in [0.1, 0.15) is 0 Å². The molecule has 6 heteroatoms. The molecule has 0 aliphatic carbocycles. The largest absolute Gasteiger partial charge is 0.395 e. The number of amides is 1. The second-order valence-corrected chi connectivity index (χ2v) is 3.83. The fourth-order valence-electron chi connectivity index (χ4n) is 1.57. The van der Waals surface area contributed by atoms with Crippen molar-refractivity contribution >= 4 is 11.7 Å². The number of nitrogens with one attached hydrogen (secondary N) is 1. The summed E-state index contributed by atoms with van der Waals surface area (Å²) in [6.45, 7) is 0.00691. The van der Waals surface area contributed by atoms with Gasteiger partial charge in [0.15, 0.2) is 11.5 Å². The molecule has 0 saturated carbocycles. The van der Waals surface area contributed by atoms with Gasteiger partial charge < -0.3 is 16.2 Å². The predicted octanol–water partition coefficient (Wildman–Crippen LogP) is 0.448. The molecule has 6 nitrogen and oxygen atoms in total. The van der Waals surface area contributed by atoms with Crippen molar-refractivity contribution in [2.75, 3.05) is 18.9 Å². The molecule has 0 atom stereocenters. The number of anilines is 1. The number of nitrogens with two attached hydrogens (primary N) is 1. The maximum Gasteiger partial charge on any atom is 0.273 e. The molecule has 1 aromatic carbocycles. The number of rotatable bonds is 4. The summed E-state index contributed by atoms with van der Waals surface area (Å²) in [7, 11) is 0. The van der Waals surface area contributed by atoms with E-state index >= 15 is 0 Å². The van der Waals surface area contributed by atoms with E-state index in [0.717, 1.165) is 5.56 Å². The van der Waals surface area contributed by atoms with Crippen LogP contribution in [0, 0.1) is 0 Å². The van der Waals surface area contributed by atoms with Crippen LogP contribution in [0.5, 0.6) is 0 Å². The summed E-state index contributed by atoms with van der Waals surface area (Å²) < 4.78 is 0. The van der Waals surface area contributed by atoms with Crippen LogP contribution in [0.2, 0.25) is 0 Å². The first kappa shape index (κ1) is 13.0. The van der Waals surface area contributed by atoms with Crippen LogP contribution in [0.1, 0.15) is 10.5 Å². The predicted molar refractivity (Wildman–Crippen MR) is 71.3 cm³/mol. The van der Waals surface area contributed by atoms with Gasteiger partial charge in [-0.2, -0.15) is 0 Å². The van der Waals surface area contributed by atoms with Crippen molar-refractivity contribution in [1.82, 2.24) is 15.3 Å². The third-order valence-corrected chi connectivity index (χ3v) is 2.48. The summed E-state index contributed by atoms with van der Waals surface area (Å²) >= 11 is 0. The minimum absolute atomic E-state index is 0.0646. The molecular formula is C13H14N4O2. The average Bonchev–Trinajstić information content (AvgIpc) is 2.46. The van der Waals surface area contributed by atoms with Crippen molar-refractivity contribution in [3.05, 3.63) is 42.2 Å². The Balaban J connectivity index is 2.32. The number of carbonyl (C=O) groups is 1. The topological polar surface area (TPSA) is 101 Å². The Morgan fingerprint density at radius 3 is 2.74 bits per heavy atom. The van der Waals surface area contributed by atoms with Gasteiger partial charge in [0.05, 0.1) is 18.5 Å². The van der Waals surface area contributed by atoms with Crippen LogP contribution in [0.3, 0.4) is 0 Å². The lowest BCUT2D eigenvalue weighted by molar-refractivity contribution is 0.0940. The van der Waals surface area contributed by atoms with Crippen molar-refractivity contribution in [3.8, 4) is 11.3 Å². The zero-order valence-electron chi connectivity index (χ0n) is 10.2. The van der Waals surface area contributed by atoms with Crippen LogP contribution < -0.4 is 11.1 Å². The van der Waals surface area contributed by atoms with Gasteiger partial charge in [-0.15, -0.1) is 0 Å². The van der Waals surface area contributed by atoms with Crippen molar-refractivity contribution in [2.45, 2.75) is 0 Å². The van der Waals surface area contributed by atoms with E-state index in [0.29, 0.717) is 5.69 Å². The quantitative estimate of drug-likeness (QED) is 0.739. The first-order chi connectivity index (χ1) is 9.22. The molecule has 98 valence electrons. The highest BCUT2D eigenvalue weighted by molar-refractivity contribution is 5.96. The van der Waals surface area contributed by atoms with E-state index in [1.54, 1.807) is 0 Å². The third-order valence-electron chi connectivity index (χ3n) is 2.48. The number of aliphatic hydroxyl groups is 1. The number of aromatic nitrogens is 2. The number of benzene rings is 1. The highest BCUT2D eigenvalue weighted by atomic mass is 16.3. The van der Waals surface area contributed by atoms with Crippen molar-refractivity contribution in [1.29, 1.82) is 0 Å². The first-order valence-corrected chi connectivity index (χ1v) is 5.79. The molecule has 2 aromatic rings. The third kappa shape index (κ3) is 3.05. The van der Waals surface area contributed by atoms with Crippen LogP contribution in [0.4, 0.5) is 5.82 Å². The fraction of sp³-hybridized carbons (Fsp3) is 0.154. The summed E-state index contributed by atoms with van der Waals surface area (Å²) in [5.41, 5.74) is 7.13. The van der Waals surface area contributed by atoms with Gasteiger partial charge in [0.25, 0.3) is 5.91 Å². The highest BCUT2D eigenvalue weighted by Crippen LogP contribution is 2.17. The Kier molecular flexibility index (Phi) is 4.04. The molecule has 0 aliphatic rings. The lowest BCUT2D eigenvalue weighted by atomic mass is 10.1. The van der Waals surface area contributed by atoms with E-state index < -0.39 is 5.91 Å². The average molecular weight is 258 g/mol. The monoisotopic (exact) mass is 258 g/mol. The number of hydrogen-bond donors (Lipinski definition) is 3. The number of nitrogen functional groups attached to an aromatic ring is 1. The number of nitrogens with zero attached hydrogens (tertiary/aromatic N) is 2. The van der Waals surface area contributed by atoms with E-state index in [2.05, 4.69) is 15.3 Å². The number of aliphatic hydroxyl groups excluding tert-OH is 1. The SMILES string of the molecule is Nc1ncc(-c2ccccc2)nc1C(=O)NCCO. The van der Waals surface area contributed by atoms with Gasteiger partial charge in [-0.05, 0) is 0 Å². The van der Waals surface area contributed by atoms with Gasteiger partial charge >= 0.3 is 0 Å². The van der Waals surface area contributed by atoms with E-state index in [9.17, 15) is 4.79 Å². The second kappa shape index (κ2) is 5.92. The Morgan fingerprint density at radius 1 is 1.32 bits per heavy atom. The maximum absolute atomic E-state index is 11.8. The standard InChI is InChI=1S/C13H14N4O2/c14-12-11(13(19)15-6-7-18)17-10(8-16-12)9-4-2-1-3-5-9/h1-5,8,18H,6-7H2,(H2,14,16)(H,15,19). The summed E-state index contributed by atoms with van der Waals surface area (Å²) in [5, 5.41) is 11.2. The van der Waals surface area contributed by atoms with Crippen LogP contribution >= 0.6 is 0 Å². The Hall–Kier alpha value is -2.47. The summed E-state index contributed by atoms with van der Waals surface area (Å²) in [5.74, 6) is -0.382. The lowest BCUT2D eigenvalue weighted by Gasteiger charge is -2.07. The van der Waals surface area contributed by atoms with Crippen molar-refractivity contribution < 1.29 is 9.90 Å². The molecule has 0 radical (unpaired) electrons. The zero-order valence-corrected chi connectivity index (χ0v) is 10.2. The Bertz CT molecular complexity index is 572. The summed E-state index contributed by atoms with van der Waals surface area (Å²) in [4.78, 5) is 20.0. The van der Waals surface area contributed by atoms with Crippen LogP contribution in [-0.4, -0.2) is 34.1 Å². The van der Waals surface area contributed by atoms with Crippen LogP contribution in [0.15, 0.2) is 36.5 Å². The molecule has 0 aliphatic heterocycles. The Labute approximate surface area is 110 Å². The van der Waals surface area contributed by atoms with Gasteiger partial charge in [-0.3, -0.25) is 4.79 Å². The van der Waals surface area contributed by atoms with Crippen LogP contribution in [0.25, 0.3) is 11.3 Å². The van der Waals surface area contributed by atoms with Crippen LogP contribution in [-0.2, 0) is 0 Å². The lowest BCUT2D eigenvalue weighted by Crippen LogP contribution is -2.28. The van der Waals surface area contributed by atoms with Gasteiger partial charge in [0, 0.05) is 12.1 Å². The molecule has 2 rings (SSSR count). The molecular weight excluding hydrogens is 244 g/mol. The normalized spacial score (nSPS) is 10.2. The summed E-state index contributed by atoms with van der Waals surface area (Å²) in [6, 6.07) is 9.38. The van der Waals surface area contributed by atoms with E-state index in [1.807, 2.05) is 30.3 Å². The van der Waals surface area contributed by atoms with Crippen molar-refractivity contribution in [3.63, 3.8) is 0 Å². The van der Waals surface area contributed by atoms with Crippen molar-refractivity contribution in [2.24, 2.45) is 0 Å². The van der Waals surface area contributed by atoms with Gasteiger partial charge in [0.2, 0.25) is 0 Å². The molecule has 0 fully saturated rings. The first-order valence-electron chi connectivity index (χ1n) is 5.79. The molecule has 1 aromatic heterocycles. The Morgan fingerprint density at radius 2 is 2.05 bits per heavy atom. The zero-order chi connectivity index (χ0) is 13.7. The summed E-state index contributed by atoms with van der Waals surface area (Å²) in [6.07, 6.45) is 1.52. The molecule has 0 unspecified atom stereocenters. The fourth-order valence-corrected chi connectivity index (χ4v) is 1.57. The minimum Gasteiger partial charge on any atom is -0.395 e. The maximum atomic E-state index is 11.8. The molecule has 4 N–H and O–H groups in total. The highest BCUT2D eigenvalue weighted by Gasteiger charge is 2.13. The van der Waals surface area contributed by atoms with E-state index in [1.165, 1.54) is 6.20 Å². The van der Waals surface area contributed by atoms with Gasteiger partial charge in [-0.1, -0.05) is 30.3 Å². The molecule has 1 amide bonds. The molecule has 0 saturated heterocycles. The number of carbonyl (C=O) groups excluding carboxylic acids is 1. The second-order valence-electron chi connectivity index (χ2n) is 3.83. The minimum atomic E-state index is -0.447. The number of hydrogen-bond acceptors (Lipinski definition) is 5. The molecule has 0 bridgehead atoms. The van der Waals surface area contributed by atoms with Gasteiger partial charge in [-0.25, -0.2) is 9.97 Å². The molecule has 0 spiro atoms. The van der Waals surface area contributed by atoms with E-state index in [-0.39, 0.29) is 24.7 Å². The molecule has 1 heterocycles. The van der Waals surface area contributed by atoms with E-state index in [4.69, 9.17) is 10.8 Å². The molecule has 19 heavy (non-hydrogen) atoms. The smallest absolute Gasteiger partial charge is 0.273 e.